The number of nitrogens with zero attached hydrogens (tertiary/aromatic N) is 4. The van der Waals surface area contributed by atoms with Crippen molar-refractivity contribution in [2.75, 3.05) is 30.5 Å². The van der Waals surface area contributed by atoms with Crippen LogP contribution in [-0.2, 0) is 19.1 Å². The summed E-state index contributed by atoms with van der Waals surface area (Å²) in [6, 6.07) is 10.8. The molecule has 2 aliphatic rings. The Labute approximate surface area is 188 Å². The minimum Gasteiger partial charge on any atom is -0.495 e. The standard InChI is InChI=1S/C22H21N5O6/c1-3-33-22(31)13-8-10-14(11-9-13)23-17(28)12-26-19-18(24-25-26)20(29)27(21(19)30)15-6-4-5-7-16(15)32-2/h4-11,18-19H,3,12H2,1-2H3,(H,23,28)/t18-,19-/m1/s1. The Morgan fingerprint density at radius 2 is 1.79 bits per heavy atom. The predicted molar refractivity (Wildman–Crippen MR) is 116 cm³/mol. The summed E-state index contributed by atoms with van der Waals surface area (Å²) in [4.78, 5) is 51.2. The highest BCUT2D eigenvalue weighted by molar-refractivity contribution is 6.26. The van der Waals surface area contributed by atoms with Gasteiger partial charge in [-0.05, 0) is 43.3 Å². The molecule has 0 radical (unpaired) electrons. The molecular formula is C22H21N5O6. The summed E-state index contributed by atoms with van der Waals surface area (Å²) in [6.07, 6.45) is 0. The fraction of sp³-hybridized carbons (Fsp3) is 0.273. The molecule has 3 amide bonds. The van der Waals surface area contributed by atoms with Crippen molar-refractivity contribution in [1.29, 1.82) is 0 Å². The Hall–Kier alpha value is -4.28. The summed E-state index contributed by atoms with van der Waals surface area (Å²) in [7, 11) is 1.44. The monoisotopic (exact) mass is 451 g/mol. The van der Waals surface area contributed by atoms with Crippen LogP contribution in [0.1, 0.15) is 17.3 Å². The highest BCUT2D eigenvalue weighted by atomic mass is 16.5. The summed E-state index contributed by atoms with van der Waals surface area (Å²) >= 11 is 0. The van der Waals surface area contributed by atoms with E-state index in [2.05, 4.69) is 15.7 Å². The zero-order valence-electron chi connectivity index (χ0n) is 17.9. The number of rotatable bonds is 7. The van der Waals surface area contributed by atoms with Gasteiger partial charge in [0.2, 0.25) is 5.91 Å². The first-order valence-electron chi connectivity index (χ1n) is 10.2. The van der Waals surface area contributed by atoms with E-state index in [0.29, 0.717) is 22.7 Å². The molecule has 170 valence electrons. The van der Waals surface area contributed by atoms with Gasteiger partial charge in [0.15, 0.2) is 12.1 Å². The number of carbonyl (C=O) groups excluding carboxylic acids is 4. The first-order chi connectivity index (χ1) is 15.9. The summed E-state index contributed by atoms with van der Waals surface area (Å²) in [6.45, 7) is 1.69. The fourth-order valence-corrected chi connectivity index (χ4v) is 3.66. The minimum absolute atomic E-state index is 0.263. The van der Waals surface area contributed by atoms with Crippen molar-refractivity contribution in [3.05, 3.63) is 54.1 Å². The smallest absolute Gasteiger partial charge is 0.338 e. The van der Waals surface area contributed by atoms with E-state index in [0.717, 1.165) is 4.90 Å². The van der Waals surface area contributed by atoms with Crippen molar-refractivity contribution in [3.63, 3.8) is 0 Å². The summed E-state index contributed by atoms with van der Waals surface area (Å²) in [5.41, 5.74) is 1.12. The third-order valence-corrected chi connectivity index (χ3v) is 5.17. The number of carbonyl (C=O) groups is 4. The van der Waals surface area contributed by atoms with E-state index in [1.165, 1.54) is 24.3 Å². The number of benzene rings is 2. The normalized spacial score (nSPS) is 19.0. The van der Waals surface area contributed by atoms with Gasteiger partial charge in [-0.2, -0.15) is 5.11 Å². The molecule has 0 aliphatic carbocycles. The van der Waals surface area contributed by atoms with Crippen LogP contribution < -0.4 is 15.0 Å². The maximum Gasteiger partial charge on any atom is 0.338 e. The molecule has 4 rings (SSSR count). The van der Waals surface area contributed by atoms with E-state index in [4.69, 9.17) is 9.47 Å². The van der Waals surface area contributed by atoms with Crippen molar-refractivity contribution in [3.8, 4) is 5.75 Å². The van der Waals surface area contributed by atoms with Crippen LogP contribution >= 0.6 is 0 Å². The molecule has 11 heteroatoms. The van der Waals surface area contributed by atoms with Gasteiger partial charge in [0.25, 0.3) is 11.8 Å². The number of hydrogen-bond acceptors (Lipinski definition) is 9. The van der Waals surface area contributed by atoms with Crippen molar-refractivity contribution in [2.24, 2.45) is 10.3 Å². The molecule has 1 N–H and O–H groups in total. The van der Waals surface area contributed by atoms with Gasteiger partial charge >= 0.3 is 5.97 Å². The molecule has 0 bridgehead atoms. The zero-order chi connectivity index (χ0) is 23.5. The number of imide groups is 1. The van der Waals surface area contributed by atoms with E-state index in [1.807, 2.05) is 0 Å². The highest BCUT2D eigenvalue weighted by Gasteiger charge is 2.55. The third kappa shape index (κ3) is 4.12. The minimum atomic E-state index is -1.03. The van der Waals surface area contributed by atoms with Gasteiger partial charge in [-0.15, -0.1) is 0 Å². The van der Waals surface area contributed by atoms with Crippen molar-refractivity contribution in [1.82, 2.24) is 5.01 Å². The molecule has 2 atom stereocenters. The molecule has 0 saturated carbocycles. The van der Waals surface area contributed by atoms with E-state index in [-0.39, 0.29) is 13.2 Å². The molecule has 33 heavy (non-hydrogen) atoms. The number of anilines is 2. The molecule has 2 aromatic carbocycles. The molecular weight excluding hydrogens is 430 g/mol. The van der Waals surface area contributed by atoms with Gasteiger partial charge in [-0.3, -0.25) is 19.4 Å². The lowest BCUT2D eigenvalue weighted by Crippen LogP contribution is -2.43. The molecule has 11 nitrogen and oxygen atoms in total. The first kappa shape index (κ1) is 21.9. The van der Waals surface area contributed by atoms with Gasteiger partial charge in [0.05, 0.1) is 25.0 Å². The molecule has 0 aromatic heterocycles. The second kappa shape index (κ2) is 9.07. The lowest BCUT2D eigenvalue weighted by Gasteiger charge is -2.21. The van der Waals surface area contributed by atoms with Crippen LogP contribution in [0.4, 0.5) is 11.4 Å². The quantitative estimate of drug-likeness (QED) is 0.502. The summed E-state index contributed by atoms with van der Waals surface area (Å²) < 4.78 is 10.2. The van der Waals surface area contributed by atoms with E-state index in [1.54, 1.807) is 43.3 Å². The average molecular weight is 451 g/mol. The Bertz CT molecular complexity index is 1130. The number of para-hydroxylation sites is 2. The van der Waals surface area contributed by atoms with Gasteiger partial charge in [-0.1, -0.05) is 17.4 Å². The molecule has 0 spiro atoms. The van der Waals surface area contributed by atoms with E-state index in [9.17, 15) is 19.2 Å². The number of amides is 3. The van der Waals surface area contributed by atoms with Crippen LogP contribution in [0.5, 0.6) is 5.75 Å². The van der Waals surface area contributed by atoms with Gasteiger partial charge in [0.1, 0.15) is 12.3 Å². The second-order valence-corrected chi connectivity index (χ2v) is 7.22. The molecule has 2 aliphatic heterocycles. The van der Waals surface area contributed by atoms with Crippen LogP contribution in [0.2, 0.25) is 0 Å². The van der Waals surface area contributed by atoms with Crippen molar-refractivity contribution < 1.29 is 28.7 Å². The summed E-state index contributed by atoms with van der Waals surface area (Å²) in [5.74, 6) is -1.62. The van der Waals surface area contributed by atoms with Crippen molar-refractivity contribution in [2.45, 2.75) is 19.0 Å². The van der Waals surface area contributed by atoms with Crippen molar-refractivity contribution >= 4 is 35.1 Å². The van der Waals surface area contributed by atoms with Crippen LogP contribution in [0.15, 0.2) is 58.9 Å². The fourth-order valence-electron chi connectivity index (χ4n) is 3.66. The highest BCUT2D eigenvalue weighted by Crippen LogP contribution is 2.36. The molecule has 1 fully saturated rings. The number of hydrogen-bond donors (Lipinski definition) is 1. The van der Waals surface area contributed by atoms with Gasteiger partial charge < -0.3 is 14.8 Å². The Kier molecular flexibility index (Phi) is 6.03. The molecule has 1 saturated heterocycles. The first-order valence-corrected chi connectivity index (χ1v) is 10.2. The maximum absolute atomic E-state index is 13.1. The topological polar surface area (TPSA) is 130 Å². The van der Waals surface area contributed by atoms with E-state index >= 15 is 0 Å². The number of fused-ring (bicyclic) bond motifs is 1. The largest absolute Gasteiger partial charge is 0.495 e. The lowest BCUT2D eigenvalue weighted by molar-refractivity contribution is -0.123. The number of methoxy groups -OCH3 is 1. The van der Waals surface area contributed by atoms with Crippen LogP contribution in [0, 0.1) is 0 Å². The zero-order valence-corrected chi connectivity index (χ0v) is 17.9. The van der Waals surface area contributed by atoms with Crippen LogP contribution in [-0.4, -0.2) is 61.0 Å². The lowest BCUT2D eigenvalue weighted by atomic mass is 10.1. The summed E-state index contributed by atoms with van der Waals surface area (Å²) in [5, 5.41) is 11.7. The maximum atomic E-state index is 13.1. The number of esters is 1. The second-order valence-electron chi connectivity index (χ2n) is 7.22. The third-order valence-electron chi connectivity index (χ3n) is 5.17. The van der Waals surface area contributed by atoms with E-state index < -0.39 is 35.8 Å². The average Bonchev–Trinajstić information content (AvgIpc) is 3.33. The SMILES string of the molecule is CCOC(=O)c1ccc(NC(=O)CN2N=N[C@H]3C(=O)N(c4ccccc4OC)C(=O)[C@@H]32)cc1. The Balaban J connectivity index is 1.43. The van der Waals surface area contributed by atoms with Gasteiger partial charge in [-0.25, -0.2) is 9.69 Å². The van der Waals surface area contributed by atoms with Crippen LogP contribution in [0.25, 0.3) is 0 Å². The molecule has 0 unspecified atom stereocenters. The Morgan fingerprint density at radius 3 is 2.48 bits per heavy atom. The van der Waals surface area contributed by atoms with Gasteiger partial charge in [0, 0.05) is 5.69 Å². The predicted octanol–water partition coefficient (Wildman–Crippen LogP) is 1.80. The van der Waals surface area contributed by atoms with Crippen LogP contribution in [0.3, 0.4) is 0 Å². The molecule has 2 aromatic rings. The Morgan fingerprint density at radius 1 is 1.06 bits per heavy atom. The number of nitrogens with one attached hydrogen (secondary N) is 1. The molecule has 2 heterocycles. The number of ether oxygens (including phenoxy) is 2.